The minimum absolute atomic E-state index is 0.0829. The van der Waals surface area contributed by atoms with Crippen LogP contribution in [0.4, 0.5) is 0 Å². The fourth-order valence-corrected chi connectivity index (χ4v) is 0.425. The van der Waals surface area contributed by atoms with Gasteiger partial charge in [0, 0.05) is 16.1 Å². The van der Waals surface area contributed by atoms with Crippen molar-refractivity contribution in [2.24, 2.45) is 5.73 Å². The third-order valence-corrected chi connectivity index (χ3v) is 1.13. The Kier molecular flexibility index (Phi) is 4.25. The molecule has 0 aromatic heterocycles. The van der Waals surface area contributed by atoms with E-state index < -0.39 is 0 Å². The van der Waals surface area contributed by atoms with Gasteiger partial charge in [-0.05, 0) is 0 Å². The van der Waals surface area contributed by atoms with Crippen LogP contribution in [0.25, 0.3) is 0 Å². The molecule has 0 aromatic carbocycles. The molecule has 0 aliphatic heterocycles. The highest BCUT2D eigenvalue weighted by Crippen LogP contribution is 1.82. The molecule has 52 valence electrons. The summed E-state index contributed by atoms with van der Waals surface area (Å²) >= 11 is 2.68. The normalized spacial score (nSPS) is 8.67. The quantitative estimate of drug-likeness (QED) is 0.463. The molecule has 4 nitrogen and oxygen atoms in total. The molecule has 0 atom stereocenters. The van der Waals surface area contributed by atoms with Gasteiger partial charge in [0.05, 0.1) is 13.0 Å². The van der Waals surface area contributed by atoms with Gasteiger partial charge >= 0.3 is 0 Å². The van der Waals surface area contributed by atoms with E-state index in [9.17, 15) is 9.59 Å². The molecule has 0 heterocycles. The minimum atomic E-state index is -0.370. The molecule has 1 amide bonds. The molecule has 0 saturated heterocycles. The van der Waals surface area contributed by atoms with E-state index >= 15 is 0 Å². The summed E-state index contributed by atoms with van der Waals surface area (Å²) in [5.74, 6) is -0.641. The summed E-state index contributed by atoms with van der Waals surface area (Å²) < 4.78 is 2.13. The maximum atomic E-state index is 10.4. The monoisotopic (exact) mass is 194 g/mol. The molecule has 0 fully saturated rings. The highest BCUT2D eigenvalue weighted by Gasteiger charge is 2.04. The van der Waals surface area contributed by atoms with Gasteiger partial charge in [0.15, 0.2) is 5.78 Å². The summed E-state index contributed by atoms with van der Waals surface area (Å²) in [5, 5.41) is 0. The van der Waals surface area contributed by atoms with Gasteiger partial charge < -0.3 is 5.73 Å². The molecule has 9 heavy (non-hydrogen) atoms. The first kappa shape index (κ1) is 8.58. The Morgan fingerprint density at radius 2 is 2.11 bits per heavy atom. The Hall–Kier alpha value is -0.420. The lowest BCUT2D eigenvalue weighted by Crippen LogP contribution is -2.22. The lowest BCUT2D eigenvalue weighted by molar-refractivity contribution is -0.126. The Morgan fingerprint density at radius 3 is 2.44 bits per heavy atom. The van der Waals surface area contributed by atoms with Crippen LogP contribution in [0.15, 0.2) is 0 Å². The predicted molar refractivity (Wildman–Crippen MR) is 35.7 cm³/mol. The zero-order valence-electron chi connectivity index (χ0n) is 4.69. The Balaban J connectivity index is 3.47. The van der Waals surface area contributed by atoms with Crippen LogP contribution in [0.3, 0.4) is 0 Å². The SMILES string of the molecule is NCC(=O)CC(=O)NBr. The smallest absolute Gasteiger partial charge is 0.237 e. The van der Waals surface area contributed by atoms with Crippen LogP contribution in [0.1, 0.15) is 6.42 Å². The molecule has 0 aliphatic rings. The second-order valence-electron chi connectivity index (χ2n) is 1.44. The molecule has 5 heteroatoms. The number of nitrogens with one attached hydrogen (secondary N) is 1. The van der Waals surface area contributed by atoms with E-state index in [1.165, 1.54) is 0 Å². The molecule has 0 rings (SSSR count). The maximum Gasteiger partial charge on any atom is 0.237 e. The molecule has 0 aromatic rings. The number of ketones is 1. The molecular formula is C4H7BrN2O2. The number of amides is 1. The Bertz CT molecular complexity index is 112. The topological polar surface area (TPSA) is 72.2 Å². The summed E-state index contributed by atoms with van der Waals surface area (Å²) in [7, 11) is 0. The first-order valence-electron chi connectivity index (χ1n) is 2.32. The Labute approximate surface area is 61.1 Å². The summed E-state index contributed by atoms with van der Waals surface area (Å²) in [6.07, 6.45) is -0.151. The summed E-state index contributed by atoms with van der Waals surface area (Å²) in [6, 6.07) is 0. The zero-order valence-corrected chi connectivity index (χ0v) is 6.27. The van der Waals surface area contributed by atoms with E-state index in [1.807, 2.05) is 0 Å². The number of carbonyl (C=O) groups excluding carboxylic acids is 2. The molecule has 3 N–H and O–H groups in total. The average molecular weight is 195 g/mol. The van der Waals surface area contributed by atoms with Crippen molar-refractivity contribution in [2.75, 3.05) is 6.54 Å². The Morgan fingerprint density at radius 1 is 1.56 bits per heavy atom. The second-order valence-corrected chi connectivity index (χ2v) is 1.83. The minimum Gasteiger partial charge on any atom is -0.324 e. The lowest BCUT2D eigenvalue weighted by atomic mass is 10.3. The molecule has 0 aliphatic carbocycles. The van der Waals surface area contributed by atoms with Gasteiger partial charge in [-0.1, -0.05) is 0 Å². The van der Waals surface area contributed by atoms with Crippen molar-refractivity contribution >= 4 is 27.8 Å². The summed E-state index contributed by atoms with van der Waals surface area (Å²) in [6.45, 7) is -0.0829. The van der Waals surface area contributed by atoms with Crippen molar-refractivity contribution in [3.8, 4) is 0 Å². The van der Waals surface area contributed by atoms with Gasteiger partial charge in [0.25, 0.3) is 0 Å². The van der Waals surface area contributed by atoms with Crippen LogP contribution >= 0.6 is 16.1 Å². The standard InChI is InChI=1S/C4H7BrN2O2/c5-7-4(9)1-3(8)2-6/h1-2,6H2,(H,7,9). The van der Waals surface area contributed by atoms with Crippen molar-refractivity contribution < 1.29 is 9.59 Å². The third kappa shape index (κ3) is 4.11. The van der Waals surface area contributed by atoms with Crippen LogP contribution in [0, 0.1) is 0 Å². The fourth-order valence-electron chi connectivity index (χ4n) is 0.285. The van der Waals surface area contributed by atoms with Gasteiger partial charge in [-0.15, -0.1) is 0 Å². The number of carbonyl (C=O) groups is 2. The van der Waals surface area contributed by atoms with Crippen molar-refractivity contribution in [3.05, 3.63) is 0 Å². The number of hydrogen-bond donors (Lipinski definition) is 2. The summed E-state index contributed by atoms with van der Waals surface area (Å²) in [5.41, 5.74) is 4.93. The van der Waals surface area contributed by atoms with Crippen molar-refractivity contribution in [1.29, 1.82) is 0 Å². The number of rotatable bonds is 3. The van der Waals surface area contributed by atoms with Crippen molar-refractivity contribution in [2.45, 2.75) is 6.42 Å². The largest absolute Gasteiger partial charge is 0.324 e. The predicted octanol–water partition coefficient (Wildman–Crippen LogP) is -0.670. The third-order valence-electron chi connectivity index (χ3n) is 0.691. The van der Waals surface area contributed by atoms with Crippen molar-refractivity contribution in [3.63, 3.8) is 0 Å². The van der Waals surface area contributed by atoms with Crippen molar-refractivity contribution in [1.82, 2.24) is 4.34 Å². The maximum absolute atomic E-state index is 10.4. The highest BCUT2D eigenvalue weighted by atomic mass is 79.9. The zero-order chi connectivity index (χ0) is 7.28. The number of nitrogens with two attached hydrogens (primary N) is 1. The van der Waals surface area contributed by atoms with Gasteiger partial charge in [-0.3, -0.25) is 13.9 Å². The molecule has 0 saturated carbocycles. The van der Waals surface area contributed by atoms with Crippen LogP contribution in [0.2, 0.25) is 0 Å². The summed E-state index contributed by atoms with van der Waals surface area (Å²) in [4.78, 5) is 20.7. The first-order valence-corrected chi connectivity index (χ1v) is 3.11. The van der Waals surface area contributed by atoms with Crippen LogP contribution in [-0.2, 0) is 9.59 Å². The second kappa shape index (κ2) is 4.46. The lowest BCUT2D eigenvalue weighted by Gasteiger charge is -1.92. The van der Waals surface area contributed by atoms with E-state index in [0.29, 0.717) is 0 Å². The average Bonchev–Trinajstić information content (AvgIpc) is 1.87. The molecular weight excluding hydrogens is 188 g/mol. The number of hydrogen-bond acceptors (Lipinski definition) is 3. The number of halogens is 1. The molecule has 0 spiro atoms. The number of Topliss-reactive ketones (excluding diaryl/α,β-unsaturated/α-hetero) is 1. The van der Waals surface area contributed by atoms with Gasteiger partial charge in [0.1, 0.15) is 0 Å². The van der Waals surface area contributed by atoms with E-state index in [0.717, 1.165) is 0 Å². The van der Waals surface area contributed by atoms with E-state index in [1.54, 1.807) is 0 Å². The van der Waals surface area contributed by atoms with Gasteiger partial charge in [-0.2, -0.15) is 0 Å². The van der Waals surface area contributed by atoms with E-state index in [4.69, 9.17) is 5.73 Å². The molecule has 0 radical (unpaired) electrons. The fraction of sp³-hybridized carbons (Fsp3) is 0.500. The van der Waals surface area contributed by atoms with Gasteiger partial charge in [-0.25, -0.2) is 0 Å². The van der Waals surface area contributed by atoms with Crippen LogP contribution in [-0.4, -0.2) is 18.2 Å². The molecule has 0 bridgehead atoms. The van der Waals surface area contributed by atoms with E-state index in [-0.39, 0.29) is 24.7 Å². The highest BCUT2D eigenvalue weighted by molar-refractivity contribution is 9.08. The van der Waals surface area contributed by atoms with Gasteiger partial charge in [0.2, 0.25) is 5.91 Å². The molecule has 0 unspecified atom stereocenters. The van der Waals surface area contributed by atoms with E-state index in [2.05, 4.69) is 20.5 Å². The first-order chi connectivity index (χ1) is 4.20. The van der Waals surface area contributed by atoms with Crippen LogP contribution < -0.4 is 10.1 Å². The van der Waals surface area contributed by atoms with Crippen LogP contribution in [0.5, 0.6) is 0 Å².